The minimum Gasteiger partial charge on any atom is -0.343 e. The van der Waals surface area contributed by atoms with E-state index in [-0.39, 0.29) is 24.5 Å². The van der Waals surface area contributed by atoms with Crippen molar-refractivity contribution in [1.29, 1.82) is 0 Å². The van der Waals surface area contributed by atoms with E-state index in [9.17, 15) is 27.6 Å². The fourth-order valence-corrected chi connectivity index (χ4v) is 3.45. The van der Waals surface area contributed by atoms with Gasteiger partial charge in [0.15, 0.2) is 5.78 Å². The summed E-state index contributed by atoms with van der Waals surface area (Å²) in [7, 11) is 1.04. The highest BCUT2D eigenvalue weighted by atomic mass is 19.4. The first-order chi connectivity index (χ1) is 13.7. The van der Waals surface area contributed by atoms with Crippen LogP contribution in [0.4, 0.5) is 13.2 Å². The van der Waals surface area contributed by atoms with Crippen molar-refractivity contribution in [3.63, 3.8) is 0 Å². The van der Waals surface area contributed by atoms with E-state index in [1.54, 1.807) is 35.2 Å². The minimum absolute atomic E-state index is 0.0696. The number of halogens is 3. The minimum atomic E-state index is -4.71. The highest BCUT2D eigenvalue weighted by Crippen LogP contribution is 2.28. The van der Waals surface area contributed by atoms with Crippen LogP contribution in [0.3, 0.4) is 0 Å². The quantitative estimate of drug-likeness (QED) is 0.710. The summed E-state index contributed by atoms with van der Waals surface area (Å²) in [4.78, 5) is 38.2. The number of benzene rings is 1. The molecule has 1 aromatic heterocycles. The highest BCUT2D eigenvalue weighted by Gasteiger charge is 2.39. The number of piperidine rings is 1. The van der Waals surface area contributed by atoms with Gasteiger partial charge in [-0.15, -0.1) is 5.10 Å². The van der Waals surface area contributed by atoms with E-state index in [4.69, 9.17) is 0 Å². The van der Waals surface area contributed by atoms with Crippen LogP contribution in [0.5, 0.6) is 0 Å². The van der Waals surface area contributed by atoms with Gasteiger partial charge in [-0.05, 0) is 12.8 Å². The lowest BCUT2D eigenvalue weighted by molar-refractivity contribution is -0.147. The van der Waals surface area contributed by atoms with Crippen LogP contribution in [0.1, 0.15) is 47.9 Å². The molecule has 1 aliphatic heterocycles. The Labute approximate surface area is 164 Å². The van der Waals surface area contributed by atoms with Crippen LogP contribution in [0.15, 0.2) is 35.1 Å². The summed E-state index contributed by atoms with van der Waals surface area (Å²) in [6.07, 6.45) is -3.89. The molecule has 0 saturated carbocycles. The number of Topliss-reactive ketones (excluding diaryl/α,β-unsaturated/α-hetero) is 1. The molecule has 2 aromatic rings. The SMILES string of the molecule is Cn1c(C(F)(F)F)nn(C2CCN(C(=O)CCC(=O)c3ccccc3)CC2)c1=O. The second kappa shape index (κ2) is 8.22. The van der Waals surface area contributed by atoms with Gasteiger partial charge in [0, 0.05) is 38.5 Å². The third-order valence-corrected chi connectivity index (χ3v) is 5.08. The van der Waals surface area contributed by atoms with Crippen LogP contribution in [0, 0.1) is 0 Å². The number of carbonyl (C=O) groups is 2. The van der Waals surface area contributed by atoms with Crippen molar-refractivity contribution >= 4 is 11.7 Å². The fourth-order valence-electron chi connectivity index (χ4n) is 3.45. The van der Waals surface area contributed by atoms with Crippen LogP contribution < -0.4 is 5.69 Å². The van der Waals surface area contributed by atoms with Crippen molar-refractivity contribution in [1.82, 2.24) is 19.2 Å². The Morgan fingerprint density at radius 1 is 1.10 bits per heavy atom. The molecule has 0 unspecified atom stereocenters. The van der Waals surface area contributed by atoms with Gasteiger partial charge in [0.25, 0.3) is 0 Å². The van der Waals surface area contributed by atoms with E-state index in [0.29, 0.717) is 36.1 Å². The number of carbonyl (C=O) groups excluding carboxylic acids is 2. The van der Waals surface area contributed by atoms with E-state index in [2.05, 4.69) is 5.10 Å². The van der Waals surface area contributed by atoms with E-state index in [0.717, 1.165) is 11.7 Å². The standard InChI is InChI=1S/C19H21F3N4O3/c1-24-17(19(20,21)22)23-26(18(24)29)14-9-11-25(12-10-14)16(28)8-7-15(27)13-5-3-2-4-6-13/h2-6,14H,7-12H2,1H3. The zero-order chi connectivity index (χ0) is 21.2. The van der Waals surface area contributed by atoms with Crippen molar-refractivity contribution in [3.05, 3.63) is 52.2 Å². The Balaban J connectivity index is 1.56. The number of amides is 1. The summed E-state index contributed by atoms with van der Waals surface area (Å²) in [6.45, 7) is 0.598. The van der Waals surface area contributed by atoms with Crippen molar-refractivity contribution < 1.29 is 22.8 Å². The van der Waals surface area contributed by atoms with E-state index in [1.807, 2.05) is 0 Å². The normalized spacial score (nSPS) is 15.5. The summed E-state index contributed by atoms with van der Waals surface area (Å²) in [6, 6.07) is 8.19. The molecule has 1 saturated heterocycles. The molecule has 0 N–H and O–H groups in total. The predicted octanol–water partition coefficient (Wildman–Crippen LogP) is 2.43. The first-order valence-corrected chi connectivity index (χ1v) is 9.27. The molecule has 0 spiro atoms. The van der Waals surface area contributed by atoms with Gasteiger partial charge in [0.05, 0.1) is 6.04 Å². The molecule has 1 aromatic carbocycles. The summed E-state index contributed by atoms with van der Waals surface area (Å²) in [5.41, 5.74) is -0.274. The summed E-state index contributed by atoms with van der Waals surface area (Å²) < 4.78 is 40.2. The van der Waals surface area contributed by atoms with Crippen molar-refractivity contribution in [2.24, 2.45) is 7.05 Å². The van der Waals surface area contributed by atoms with Gasteiger partial charge in [-0.25, -0.2) is 9.48 Å². The highest BCUT2D eigenvalue weighted by molar-refractivity contribution is 5.97. The summed E-state index contributed by atoms with van der Waals surface area (Å²) in [5, 5.41) is 3.46. The van der Waals surface area contributed by atoms with Crippen molar-refractivity contribution in [3.8, 4) is 0 Å². The van der Waals surface area contributed by atoms with Crippen LogP contribution in [-0.4, -0.2) is 44.0 Å². The van der Waals surface area contributed by atoms with Gasteiger partial charge in [0.1, 0.15) is 0 Å². The fraction of sp³-hybridized carbons (Fsp3) is 0.474. The molecule has 29 heavy (non-hydrogen) atoms. The maximum Gasteiger partial charge on any atom is 0.451 e. The average molecular weight is 410 g/mol. The predicted molar refractivity (Wildman–Crippen MR) is 97.3 cm³/mol. The molecule has 0 bridgehead atoms. The molecule has 0 radical (unpaired) electrons. The Kier molecular flexibility index (Phi) is 5.90. The largest absolute Gasteiger partial charge is 0.451 e. The first kappa shape index (κ1) is 20.8. The zero-order valence-electron chi connectivity index (χ0n) is 15.9. The van der Waals surface area contributed by atoms with Crippen LogP contribution >= 0.6 is 0 Å². The van der Waals surface area contributed by atoms with Gasteiger partial charge in [-0.1, -0.05) is 30.3 Å². The number of nitrogens with zero attached hydrogens (tertiary/aromatic N) is 4. The van der Waals surface area contributed by atoms with Gasteiger partial charge >= 0.3 is 11.9 Å². The first-order valence-electron chi connectivity index (χ1n) is 9.27. The molecule has 2 heterocycles. The Bertz CT molecular complexity index is 942. The molecule has 0 aliphatic carbocycles. The number of aromatic nitrogens is 3. The van der Waals surface area contributed by atoms with Crippen molar-refractivity contribution in [2.45, 2.75) is 37.9 Å². The molecule has 3 rings (SSSR count). The number of ketones is 1. The number of rotatable bonds is 5. The molecular weight excluding hydrogens is 389 g/mol. The van der Waals surface area contributed by atoms with E-state index >= 15 is 0 Å². The number of hydrogen-bond donors (Lipinski definition) is 0. The second-order valence-electron chi connectivity index (χ2n) is 7.01. The second-order valence-corrected chi connectivity index (χ2v) is 7.01. The molecule has 156 valence electrons. The van der Waals surface area contributed by atoms with Crippen molar-refractivity contribution in [2.75, 3.05) is 13.1 Å². The molecule has 10 heteroatoms. The topological polar surface area (TPSA) is 77.2 Å². The monoisotopic (exact) mass is 410 g/mol. The average Bonchev–Trinajstić information content (AvgIpc) is 3.02. The Morgan fingerprint density at radius 3 is 2.28 bits per heavy atom. The zero-order valence-corrected chi connectivity index (χ0v) is 15.9. The van der Waals surface area contributed by atoms with Crippen LogP contribution in [-0.2, 0) is 18.0 Å². The third kappa shape index (κ3) is 4.57. The molecule has 1 amide bonds. The number of hydrogen-bond acceptors (Lipinski definition) is 4. The molecule has 0 atom stereocenters. The smallest absolute Gasteiger partial charge is 0.343 e. The molecular formula is C19H21F3N4O3. The van der Waals surface area contributed by atoms with Gasteiger partial charge in [-0.2, -0.15) is 13.2 Å². The summed E-state index contributed by atoms with van der Waals surface area (Å²) >= 11 is 0. The maximum absolute atomic E-state index is 12.9. The number of likely N-dealkylation sites (tertiary alicyclic amines) is 1. The van der Waals surface area contributed by atoms with E-state index in [1.165, 1.54) is 0 Å². The lowest BCUT2D eigenvalue weighted by atomic mass is 10.0. The molecule has 1 aliphatic rings. The van der Waals surface area contributed by atoms with Crippen LogP contribution in [0.2, 0.25) is 0 Å². The molecule has 1 fully saturated rings. The van der Waals surface area contributed by atoms with Gasteiger partial charge in [-0.3, -0.25) is 14.2 Å². The third-order valence-electron chi connectivity index (χ3n) is 5.08. The van der Waals surface area contributed by atoms with Gasteiger partial charge in [0.2, 0.25) is 11.7 Å². The maximum atomic E-state index is 12.9. The number of alkyl halides is 3. The van der Waals surface area contributed by atoms with Gasteiger partial charge < -0.3 is 4.90 Å². The summed E-state index contributed by atoms with van der Waals surface area (Å²) in [5.74, 6) is -1.54. The lowest BCUT2D eigenvalue weighted by Gasteiger charge is -2.31. The van der Waals surface area contributed by atoms with Crippen LogP contribution in [0.25, 0.3) is 0 Å². The van der Waals surface area contributed by atoms with E-state index < -0.39 is 23.7 Å². The lowest BCUT2D eigenvalue weighted by Crippen LogP contribution is -2.41. The Hall–Kier alpha value is -2.91. The molecule has 7 nitrogen and oxygen atoms in total. The Morgan fingerprint density at radius 2 is 1.72 bits per heavy atom.